The van der Waals surface area contributed by atoms with Gasteiger partial charge in [0.2, 0.25) is 0 Å². The van der Waals surface area contributed by atoms with E-state index in [1.54, 1.807) is 30.3 Å². The number of aromatic nitrogens is 2. The number of nitrogens with zero attached hydrogens (tertiary/aromatic N) is 3. The molecule has 3 rings (SSSR count). The van der Waals surface area contributed by atoms with Gasteiger partial charge in [-0.15, -0.1) is 0 Å². The fourth-order valence-electron chi connectivity index (χ4n) is 3.14. The van der Waals surface area contributed by atoms with Gasteiger partial charge in [-0.2, -0.15) is 0 Å². The maximum atomic E-state index is 13.5. The molecule has 2 aromatic carbocycles. The average Bonchev–Trinajstić information content (AvgIpc) is 2.74. The van der Waals surface area contributed by atoms with E-state index in [4.69, 9.17) is 0 Å². The van der Waals surface area contributed by atoms with Crippen molar-refractivity contribution in [3.8, 4) is 0 Å². The molecule has 0 saturated heterocycles. The van der Waals surface area contributed by atoms with Crippen molar-refractivity contribution in [2.45, 2.75) is 31.2 Å². The van der Waals surface area contributed by atoms with E-state index >= 15 is 0 Å². The monoisotopic (exact) mass is 427 g/mol. The van der Waals surface area contributed by atoms with E-state index in [0.717, 1.165) is 10.1 Å². The molecule has 158 valence electrons. The molecule has 0 saturated carbocycles. The average molecular weight is 428 g/mol. The fraction of sp³-hybridized carbons (Fsp3) is 0.273. The van der Waals surface area contributed by atoms with E-state index in [-0.39, 0.29) is 11.4 Å². The minimum atomic E-state index is -3.93. The second kappa shape index (κ2) is 8.31. The number of rotatable bonds is 6. The zero-order valence-corrected chi connectivity index (χ0v) is 18.3. The Morgan fingerprint density at radius 1 is 0.900 bits per heavy atom. The molecule has 0 fully saturated rings. The molecule has 30 heavy (non-hydrogen) atoms. The lowest BCUT2D eigenvalue weighted by atomic mass is 10.0. The molecule has 7 nitrogen and oxygen atoms in total. The predicted octanol–water partition coefficient (Wildman–Crippen LogP) is 2.60. The van der Waals surface area contributed by atoms with E-state index in [2.05, 4.69) is 13.8 Å². The summed E-state index contributed by atoms with van der Waals surface area (Å²) in [6.45, 7) is 3.96. The first-order valence-electron chi connectivity index (χ1n) is 9.56. The van der Waals surface area contributed by atoms with Crippen LogP contribution in [0.15, 0.2) is 75.1 Å². The third-order valence-electron chi connectivity index (χ3n) is 5.11. The van der Waals surface area contributed by atoms with Crippen molar-refractivity contribution in [1.29, 1.82) is 0 Å². The number of hydrogen-bond donors (Lipinski definition) is 0. The molecule has 8 heteroatoms. The van der Waals surface area contributed by atoms with Gasteiger partial charge in [0.25, 0.3) is 15.6 Å². The summed E-state index contributed by atoms with van der Waals surface area (Å²) >= 11 is 0. The second-order valence-electron chi connectivity index (χ2n) is 7.45. The molecule has 1 heterocycles. The van der Waals surface area contributed by atoms with Gasteiger partial charge in [-0.3, -0.25) is 18.2 Å². The number of hydrogen-bond acceptors (Lipinski definition) is 4. The van der Waals surface area contributed by atoms with Gasteiger partial charge in [0, 0.05) is 25.9 Å². The van der Waals surface area contributed by atoms with Crippen molar-refractivity contribution in [2.75, 3.05) is 4.31 Å². The van der Waals surface area contributed by atoms with E-state index in [0.29, 0.717) is 17.3 Å². The standard InChI is InChI=1S/C22H25N3O4S/c1-16(2)17-10-12-18(13-11-17)25(30(28,29)20-8-6-5-7-9-20)15-19-14-21(26)24(4)22(27)23(19)3/h5-14,16H,15H2,1-4H3. The Labute approximate surface area is 175 Å². The Kier molecular flexibility index (Phi) is 5.98. The van der Waals surface area contributed by atoms with Crippen molar-refractivity contribution in [3.05, 3.63) is 92.8 Å². The lowest BCUT2D eigenvalue weighted by Gasteiger charge is -2.26. The number of benzene rings is 2. The van der Waals surface area contributed by atoms with E-state index in [9.17, 15) is 18.0 Å². The quantitative estimate of drug-likeness (QED) is 0.606. The maximum Gasteiger partial charge on any atom is 0.330 e. The Hall–Kier alpha value is -3.13. The zero-order chi connectivity index (χ0) is 22.1. The van der Waals surface area contributed by atoms with Crippen LogP contribution >= 0.6 is 0 Å². The third-order valence-corrected chi connectivity index (χ3v) is 6.90. The lowest BCUT2D eigenvalue weighted by Crippen LogP contribution is -2.40. The number of sulfonamides is 1. The van der Waals surface area contributed by atoms with Gasteiger partial charge in [-0.05, 0) is 35.7 Å². The topological polar surface area (TPSA) is 81.4 Å². The van der Waals surface area contributed by atoms with Gasteiger partial charge in [0.15, 0.2) is 0 Å². The summed E-state index contributed by atoms with van der Waals surface area (Å²) in [7, 11) is -1.02. The minimum Gasteiger partial charge on any atom is -0.299 e. The highest BCUT2D eigenvalue weighted by atomic mass is 32.2. The van der Waals surface area contributed by atoms with Crippen molar-refractivity contribution < 1.29 is 8.42 Å². The van der Waals surface area contributed by atoms with Crippen LogP contribution in [0.3, 0.4) is 0 Å². The predicted molar refractivity (Wildman–Crippen MR) is 117 cm³/mol. The van der Waals surface area contributed by atoms with Gasteiger partial charge in [-0.1, -0.05) is 44.2 Å². The normalized spacial score (nSPS) is 11.6. The molecule has 1 aromatic heterocycles. The molecule has 0 radical (unpaired) electrons. The first-order chi connectivity index (χ1) is 14.1. The van der Waals surface area contributed by atoms with Crippen LogP contribution in [0.2, 0.25) is 0 Å². The highest BCUT2D eigenvalue weighted by Gasteiger charge is 2.26. The fourth-order valence-corrected chi connectivity index (χ4v) is 4.59. The maximum absolute atomic E-state index is 13.5. The molecule has 0 spiro atoms. The molecule has 0 amide bonds. The van der Waals surface area contributed by atoms with Crippen LogP contribution in [0.5, 0.6) is 0 Å². The Morgan fingerprint density at radius 2 is 1.50 bits per heavy atom. The van der Waals surface area contributed by atoms with Crippen LogP contribution in [0.25, 0.3) is 0 Å². The summed E-state index contributed by atoms with van der Waals surface area (Å²) in [5, 5.41) is 0. The molecule has 3 aromatic rings. The van der Waals surface area contributed by atoms with Crippen LogP contribution in [0.1, 0.15) is 31.0 Å². The van der Waals surface area contributed by atoms with Gasteiger partial charge in [0.1, 0.15) is 0 Å². The first kappa shape index (κ1) is 21.6. The summed E-state index contributed by atoms with van der Waals surface area (Å²) in [6.07, 6.45) is 0. The molecular formula is C22H25N3O4S. The Balaban J connectivity index is 2.16. The Morgan fingerprint density at radius 3 is 2.07 bits per heavy atom. The van der Waals surface area contributed by atoms with Crippen molar-refractivity contribution >= 4 is 15.7 Å². The molecule has 0 aliphatic rings. The molecule has 0 atom stereocenters. The molecule has 0 bridgehead atoms. The van der Waals surface area contributed by atoms with Crippen LogP contribution in [0.4, 0.5) is 5.69 Å². The summed E-state index contributed by atoms with van der Waals surface area (Å²) in [5.74, 6) is 0.302. The summed E-state index contributed by atoms with van der Waals surface area (Å²) in [5.41, 5.74) is 0.841. The summed E-state index contributed by atoms with van der Waals surface area (Å²) in [6, 6.07) is 16.6. The highest BCUT2D eigenvalue weighted by molar-refractivity contribution is 7.92. The smallest absolute Gasteiger partial charge is 0.299 e. The summed E-state index contributed by atoms with van der Waals surface area (Å²) in [4.78, 5) is 24.6. The van der Waals surface area contributed by atoms with Crippen molar-refractivity contribution in [2.24, 2.45) is 14.1 Å². The molecule has 0 aliphatic heterocycles. The minimum absolute atomic E-state index is 0.131. The largest absolute Gasteiger partial charge is 0.330 e. The van der Waals surface area contributed by atoms with Crippen molar-refractivity contribution in [1.82, 2.24) is 9.13 Å². The second-order valence-corrected chi connectivity index (χ2v) is 9.31. The zero-order valence-electron chi connectivity index (χ0n) is 17.4. The van der Waals surface area contributed by atoms with Gasteiger partial charge < -0.3 is 0 Å². The van der Waals surface area contributed by atoms with Crippen LogP contribution in [-0.4, -0.2) is 17.6 Å². The number of anilines is 1. The summed E-state index contributed by atoms with van der Waals surface area (Å²) < 4.78 is 30.4. The van der Waals surface area contributed by atoms with Gasteiger partial charge >= 0.3 is 5.69 Å². The Bertz CT molecular complexity index is 1260. The van der Waals surface area contributed by atoms with Gasteiger partial charge in [0.05, 0.1) is 17.1 Å². The van der Waals surface area contributed by atoms with E-state index in [1.165, 1.54) is 41.2 Å². The molecule has 0 unspecified atom stereocenters. The van der Waals surface area contributed by atoms with Crippen LogP contribution < -0.4 is 15.6 Å². The molecular weight excluding hydrogens is 402 g/mol. The van der Waals surface area contributed by atoms with Crippen LogP contribution in [-0.2, 0) is 30.7 Å². The van der Waals surface area contributed by atoms with E-state index in [1.807, 2.05) is 12.1 Å². The SMILES string of the molecule is CC(C)c1ccc(N(Cc2cc(=O)n(C)c(=O)n2C)S(=O)(=O)c2ccccc2)cc1. The van der Waals surface area contributed by atoms with Gasteiger partial charge in [-0.25, -0.2) is 13.2 Å². The highest BCUT2D eigenvalue weighted by Crippen LogP contribution is 2.27. The molecule has 0 N–H and O–H groups in total. The van der Waals surface area contributed by atoms with Crippen LogP contribution in [0, 0.1) is 0 Å². The lowest BCUT2D eigenvalue weighted by molar-refractivity contribution is 0.586. The first-order valence-corrected chi connectivity index (χ1v) is 11.0. The third kappa shape index (κ3) is 4.09. The van der Waals surface area contributed by atoms with E-state index < -0.39 is 21.3 Å². The molecule has 0 aliphatic carbocycles. The van der Waals surface area contributed by atoms with Crippen molar-refractivity contribution in [3.63, 3.8) is 0 Å².